The number of nitrogens with zero attached hydrogens (tertiary/aromatic N) is 1. The van der Waals surface area contributed by atoms with E-state index in [0.717, 1.165) is 22.7 Å². The molecule has 2 N–H and O–H groups in total. The average Bonchev–Trinajstić information content (AvgIpc) is 2.99. The highest BCUT2D eigenvalue weighted by Crippen LogP contribution is 2.26. The molecule has 2 aromatic carbocycles. The van der Waals surface area contributed by atoms with E-state index < -0.39 is 37.1 Å². The number of nitrogens with one attached hydrogen (secondary N) is 2. The van der Waals surface area contributed by atoms with Crippen molar-refractivity contribution < 1.29 is 28.6 Å². The van der Waals surface area contributed by atoms with Crippen LogP contribution in [-0.4, -0.2) is 56.0 Å². The molecule has 0 spiro atoms. The van der Waals surface area contributed by atoms with E-state index in [1.54, 1.807) is 47.1 Å². The van der Waals surface area contributed by atoms with Gasteiger partial charge in [-0.3, -0.25) is 14.4 Å². The fraction of sp³-hybridized carbons (Fsp3) is 0.459. The van der Waals surface area contributed by atoms with E-state index in [2.05, 4.69) is 30.3 Å². The van der Waals surface area contributed by atoms with Crippen LogP contribution >= 0.6 is 0 Å². The largest absolute Gasteiger partial charge is 0.497 e. The number of pyridine rings is 1. The molecule has 0 aliphatic rings. The summed E-state index contributed by atoms with van der Waals surface area (Å²) in [6, 6.07) is 16.2. The van der Waals surface area contributed by atoms with E-state index in [4.69, 9.17) is 14.2 Å². The predicted molar refractivity (Wildman–Crippen MR) is 192 cm³/mol. The van der Waals surface area contributed by atoms with E-state index in [9.17, 15) is 19.2 Å². The van der Waals surface area contributed by atoms with Crippen LogP contribution in [0.5, 0.6) is 5.75 Å². The van der Waals surface area contributed by atoms with Gasteiger partial charge in [-0.1, -0.05) is 56.0 Å². The smallest absolute Gasteiger partial charge is 0.408 e. The Morgan fingerprint density at radius 1 is 0.896 bits per heavy atom. The van der Waals surface area contributed by atoms with E-state index in [-0.39, 0.29) is 23.6 Å². The summed E-state index contributed by atoms with van der Waals surface area (Å²) in [5, 5.41) is 5.45. The predicted octanol–water partition coefficient (Wildman–Crippen LogP) is 6.45. The Kier molecular flexibility index (Phi) is 12.4. The van der Waals surface area contributed by atoms with Gasteiger partial charge in [0, 0.05) is 20.7 Å². The number of aromatic nitrogens is 1. The molecule has 1 aromatic heterocycles. The number of carbonyl (C=O) groups excluding carboxylic acids is 3. The molecule has 11 heteroatoms. The summed E-state index contributed by atoms with van der Waals surface area (Å²) in [7, 11) is 0.243. The molecule has 3 aromatic rings. The molecule has 1 unspecified atom stereocenters. The number of amides is 2. The Morgan fingerprint density at radius 2 is 1.50 bits per heavy atom. The fourth-order valence-corrected chi connectivity index (χ4v) is 5.49. The van der Waals surface area contributed by atoms with Gasteiger partial charge in [0.15, 0.2) is 0 Å². The van der Waals surface area contributed by atoms with Gasteiger partial charge in [0.2, 0.25) is 5.91 Å². The van der Waals surface area contributed by atoms with Gasteiger partial charge in [0.05, 0.1) is 25.7 Å². The summed E-state index contributed by atoms with van der Waals surface area (Å²) in [6.07, 6.45) is 1.03. The number of hydrogen-bond donors (Lipinski definition) is 2. The van der Waals surface area contributed by atoms with Crippen molar-refractivity contribution in [2.24, 2.45) is 0 Å². The lowest BCUT2D eigenvalue weighted by molar-refractivity contribution is -0.148. The van der Waals surface area contributed by atoms with Crippen molar-refractivity contribution in [2.75, 3.05) is 19.0 Å². The zero-order chi connectivity index (χ0) is 35.9. The zero-order valence-electron chi connectivity index (χ0n) is 30.0. The molecule has 0 bridgehead atoms. The topological polar surface area (TPSA) is 125 Å². The van der Waals surface area contributed by atoms with Crippen molar-refractivity contribution in [3.63, 3.8) is 0 Å². The molecular formula is C37H51N3O7Si. The first-order chi connectivity index (χ1) is 22.3. The monoisotopic (exact) mass is 677 g/mol. The molecule has 1 atom stereocenters. The zero-order valence-corrected chi connectivity index (χ0v) is 31.0. The summed E-state index contributed by atoms with van der Waals surface area (Å²) < 4.78 is 17.8. The lowest BCUT2D eigenvalue weighted by Crippen LogP contribution is -2.47. The second-order valence-electron chi connectivity index (χ2n) is 14.8. The number of rotatable bonds is 13. The second-order valence-corrected chi connectivity index (χ2v) is 20.4. The molecule has 3 rings (SSSR count). The first kappa shape index (κ1) is 38.1. The average molecular weight is 678 g/mol. The van der Waals surface area contributed by atoms with Crippen LogP contribution < -0.4 is 20.9 Å². The molecule has 48 heavy (non-hydrogen) atoms. The van der Waals surface area contributed by atoms with Gasteiger partial charge < -0.3 is 29.4 Å². The molecule has 10 nitrogen and oxygen atoms in total. The van der Waals surface area contributed by atoms with Crippen LogP contribution in [0.3, 0.4) is 0 Å². The first-order valence-corrected chi connectivity index (χ1v) is 19.9. The number of esters is 1. The van der Waals surface area contributed by atoms with Crippen molar-refractivity contribution in [3.8, 4) is 5.75 Å². The maximum absolute atomic E-state index is 13.7. The highest BCUT2D eigenvalue weighted by molar-refractivity contribution is 6.76. The molecular weight excluding hydrogens is 627 g/mol. The van der Waals surface area contributed by atoms with E-state index in [1.165, 1.54) is 4.57 Å². The third-order valence-corrected chi connectivity index (χ3v) is 9.56. The van der Waals surface area contributed by atoms with Crippen molar-refractivity contribution in [1.82, 2.24) is 9.88 Å². The highest BCUT2D eigenvalue weighted by atomic mass is 28.3. The van der Waals surface area contributed by atoms with E-state index >= 15 is 0 Å². The van der Waals surface area contributed by atoms with Crippen molar-refractivity contribution >= 4 is 31.7 Å². The quantitative estimate of drug-likeness (QED) is 0.157. The minimum Gasteiger partial charge on any atom is -0.497 e. The minimum absolute atomic E-state index is 0.109. The number of hydrogen-bond acceptors (Lipinski definition) is 7. The SMILES string of the molecule is COc1ccc(Cn2ccc(C)c(NC(=O)C(Cc3ccc(C(C)(C)C(=O)OCC[Si](C)(C)C)cc3)NC(=O)OC(C)(C)C)c2=O)cc1. The number of alkyl carbamates (subject to hydrolysis) is 1. The van der Waals surface area contributed by atoms with E-state index in [0.29, 0.717) is 24.5 Å². The van der Waals surface area contributed by atoms with Gasteiger partial charge in [-0.25, -0.2) is 4.79 Å². The van der Waals surface area contributed by atoms with Gasteiger partial charge >= 0.3 is 12.1 Å². The van der Waals surface area contributed by atoms with Crippen LogP contribution in [0.25, 0.3) is 0 Å². The number of anilines is 1. The molecule has 0 aliphatic carbocycles. The lowest BCUT2D eigenvalue weighted by atomic mass is 9.84. The highest BCUT2D eigenvalue weighted by Gasteiger charge is 2.32. The van der Waals surface area contributed by atoms with Crippen LogP contribution in [-0.2, 0) is 37.4 Å². The van der Waals surface area contributed by atoms with Crippen LogP contribution in [0.1, 0.15) is 56.9 Å². The third kappa shape index (κ3) is 11.1. The minimum atomic E-state index is -1.34. The Morgan fingerprint density at radius 3 is 2.06 bits per heavy atom. The number of ether oxygens (including phenoxy) is 3. The third-order valence-electron chi connectivity index (χ3n) is 7.85. The normalized spacial score (nSPS) is 12.5. The van der Waals surface area contributed by atoms with Crippen LogP contribution in [0, 0.1) is 6.92 Å². The maximum atomic E-state index is 13.7. The number of aryl methyl sites for hydroxylation is 1. The van der Waals surface area contributed by atoms with Gasteiger partial charge in [-0.2, -0.15) is 0 Å². The van der Waals surface area contributed by atoms with Gasteiger partial charge in [0.1, 0.15) is 23.1 Å². The van der Waals surface area contributed by atoms with Crippen LogP contribution in [0.15, 0.2) is 65.6 Å². The van der Waals surface area contributed by atoms with Crippen molar-refractivity contribution in [3.05, 3.63) is 93.4 Å². The first-order valence-electron chi connectivity index (χ1n) is 16.2. The second kappa shape index (κ2) is 15.7. The summed E-state index contributed by atoms with van der Waals surface area (Å²) >= 11 is 0. The Labute approximate surface area is 285 Å². The van der Waals surface area contributed by atoms with Crippen molar-refractivity contribution in [2.45, 2.75) is 97.3 Å². The lowest BCUT2D eigenvalue weighted by Gasteiger charge is -2.25. The van der Waals surface area contributed by atoms with Crippen molar-refractivity contribution in [1.29, 1.82) is 0 Å². The van der Waals surface area contributed by atoms with Gasteiger partial charge in [-0.15, -0.1) is 0 Å². The van der Waals surface area contributed by atoms with Gasteiger partial charge in [0.25, 0.3) is 5.56 Å². The number of benzene rings is 2. The number of carbonyl (C=O) groups is 3. The summed E-state index contributed by atoms with van der Waals surface area (Å²) in [4.78, 5) is 53.1. The molecule has 0 fully saturated rings. The van der Waals surface area contributed by atoms with E-state index in [1.807, 2.05) is 62.4 Å². The standard InChI is InChI=1S/C37H51N3O7Si/c1-25-19-20-40(24-27-13-17-29(45-7)18-14-27)33(42)31(25)39-32(41)30(38-35(44)47-36(2,3)4)23-26-11-15-28(16-12-26)37(5,6)34(43)46-21-22-48(8,9)10/h11-20,30H,21-24H2,1-10H3,(H,38,44)(H,39,41). The molecule has 0 saturated heterocycles. The molecule has 1 heterocycles. The Bertz CT molecular complexity index is 1630. The Hall–Kier alpha value is -4.38. The van der Waals surface area contributed by atoms with Crippen LogP contribution in [0.4, 0.5) is 10.5 Å². The molecule has 260 valence electrons. The maximum Gasteiger partial charge on any atom is 0.408 e. The summed E-state index contributed by atoms with van der Waals surface area (Å²) in [5.74, 6) is -0.160. The number of methoxy groups -OCH3 is 1. The fourth-order valence-electron chi connectivity index (χ4n) is 4.78. The Balaban J connectivity index is 1.82. The molecule has 2 amide bonds. The summed E-state index contributed by atoms with van der Waals surface area (Å²) in [6.45, 7) is 18.0. The molecule has 0 aliphatic heterocycles. The van der Waals surface area contributed by atoms with Crippen LogP contribution in [0.2, 0.25) is 25.7 Å². The van der Waals surface area contributed by atoms with Gasteiger partial charge in [-0.05, 0) is 88.0 Å². The molecule has 0 saturated carbocycles. The summed E-state index contributed by atoms with van der Waals surface area (Å²) in [5.41, 5.74) is 1.05. The molecule has 0 radical (unpaired) electrons.